The van der Waals surface area contributed by atoms with Gasteiger partial charge in [0.15, 0.2) is 0 Å². The first kappa shape index (κ1) is 31.5. The Morgan fingerprint density at radius 2 is 1.53 bits per heavy atom. The highest BCUT2D eigenvalue weighted by atomic mass is 35.5. The van der Waals surface area contributed by atoms with Crippen LogP contribution in [0.3, 0.4) is 0 Å². The lowest BCUT2D eigenvalue weighted by Crippen LogP contribution is -2.47. The van der Waals surface area contributed by atoms with Gasteiger partial charge in [0.05, 0.1) is 0 Å². The van der Waals surface area contributed by atoms with Gasteiger partial charge >= 0.3 is 0 Å². The Morgan fingerprint density at radius 1 is 0.907 bits per heavy atom. The zero-order chi connectivity index (χ0) is 30.9. The van der Waals surface area contributed by atoms with E-state index in [1.54, 1.807) is 50.2 Å². The molecule has 3 aromatic carbocycles. The van der Waals surface area contributed by atoms with Crippen molar-refractivity contribution in [1.29, 1.82) is 5.41 Å². The van der Waals surface area contributed by atoms with Crippen LogP contribution < -0.4 is 21.7 Å². The number of hydrogen-bond donors (Lipinski definition) is 5. The fourth-order valence-corrected chi connectivity index (χ4v) is 4.69. The van der Waals surface area contributed by atoms with Crippen LogP contribution in [-0.2, 0) is 11.3 Å². The predicted octanol–water partition coefficient (Wildman–Crippen LogP) is 5.90. The molecule has 1 aromatic heterocycles. The van der Waals surface area contributed by atoms with E-state index in [1.165, 1.54) is 6.20 Å². The van der Waals surface area contributed by atoms with Crippen LogP contribution in [-0.4, -0.2) is 40.1 Å². The molecule has 0 aliphatic rings. The van der Waals surface area contributed by atoms with Gasteiger partial charge in [-0.2, -0.15) is 4.98 Å². The summed E-state index contributed by atoms with van der Waals surface area (Å²) in [6, 6.07) is 23.2. The monoisotopic (exact) mass is 617 g/mol. The molecule has 4 rings (SSSR count). The second-order valence-electron chi connectivity index (χ2n) is 10.3. The maximum atomic E-state index is 13.4. The van der Waals surface area contributed by atoms with Gasteiger partial charge in [0.25, 0.3) is 5.91 Å². The number of nitrogens with zero attached hydrogens (tertiary/aromatic N) is 2. The maximum absolute atomic E-state index is 13.4. The summed E-state index contributed by atoms with van der Waals surface area (Å²) in [5.74, 6) is -1.28. The number of amides is 2. The number of nitrogens with one attached hydrogen (secondary N) is 4. The third-order valence-corrected chi connectivity index (χ3v) is 7.34. The highest BCUT2D eigenvalue weighted by molar-refractivity contribution is 6.31. The number of rotatable bonds is 13. The van der Waals surface area contributed by atoms with Crippen LogP contribution in [0.1, 0.15) is 46.8 Å². The van der Waals surface area contributed by atoms with E-state index in [0.717, 1.165) is 11.1 Å². The second kappa shape index (κ2) is 14.6. The highest BCUT2D eigenvalue weighted by Gasteiger charge is 2.26. The Hall–Kier alpha value is -4.47. The van der Waals surface area contributed by atoms with Gasteiger partial charge in [-0.3, -0.25) is 9.59 Å². The predicted molar refractivity (Wildman–Crippen MR) is 172 cm³/mol. The van der Waals surface area contributed by atoms with Crippen LogP contribution in [0.2, 0.25) is 10.0 Å². The largest absolute Gasteiger partial charge is 0.368 e. The fraction of sp³-hybridized carbons (Fsp3) is 0.219. The summed E-state index contributed by atoms with van der Waals surface area (Å²) in [5.41, 5.74) is 8.63. The third-order valence-electron chi connectivity index (χ3n) is 6.84. The number of nitrogens with two attached hydrogens (primary N) is 1. The second-order valence-corrected chi connectivity index (χ2v) is 11.2. The lowest BCUT2D eigenvalue weighted by molar-refractivity contribution is -0.120. The van der Waals surface area contributed by atoms with Crippen LogP contribution in [0, 0.1) is 11.3 Å². The normalized spacial score (nSPS) is 12.3. The molecule has 1 heterocycles. The van der Waals surface area contributed by atoms with Crippen molar-refractivity contribution >= 4 is 52.5 Å². The van der Waals surface area contributed by atoms with Crippen molar-refractivity contribution < 1.29 is 9.59 Å². The van der Waals surface area contributed by atoms with E-state index in [4.69, 9.17) is 34.3 Å². The molecule has 0 spiro atoms. The van der Waals surface area contributed by atoms with Crippen molar-refractivity contribution in [3.63, 3.8) is 0 Å². The minimum absolute atomic E-state index is 0.133. The van der Waals surface area contributed by atoms with Crippen molar-refractivity contribution in [2.75, 3.05) is 17.2 Å². The Kier molecular flexibility index (Phi) is 10.7. The average molecular weight is 619 g/mol. The van der Waals surface area contributed by atoms with Gasteiger partial charge in [0.1, 0.15) is 17.4 Å². The van der Waals surface area contributed by atoms with Crippen LogP contribution in [0.5, 0.6) is 0 Å². The molecule has 0 fully saturated rings. The van der Waals surface area contributed by atoms with E-state index < -0.39 is 23.8 Å². The van der Waals surface area contributed by atoms with Crippen molar-refractivity contribution in [1.82, 2.24) is 15.3 Å². The Labute approximate surface area is 260 Å². The molecule has 0 bridgehead atoms. The molecule has 43 heavy (non-hydrogen) atoms. The van der Waals surface area contributed by atoms with Gasteiger partial charge in [0.2, 0.25) is 11.9 Å². The highest BCUT2D eigenvalue weighted by Crippen LogP contribution is 2.24. The number of carbonyl (C=O) groups excluding carboxylic acids is 2. The summed E-state index contributed by atoms with van der Waals surface area (Å²) < 4.78 is 0. The van der Waals surface area contributed by atoms with E-state index in [2.05, 4.69) is 25.9 Å². The smallest absolute Gasteiger partial charge is 0.257 e. The first-order chi connectivity index (χ1) is 20.6. The molecule has 2 amide bonds. The van der Waals surface area contributed by atoms with Crippen molar-refractivity contribution in [3.05, 3.63) is 117 Å². The molecule has 2 atom stereocenters. The molecule has 222 valence electrons. The zero-order valence-corrected chi connectivity index (χ0v) is 25.3. The number of primary amides is 1. The number of halogens is 2. The minimum atomic E-state index is -0.877. The van der Waals surface area contributed by atoms with E-state index >= 15 is 0 Å². The van der Waals surface area contributed by atoms with E-state index in [1.807, 2.05) is 42.5 Å². The first-order valence-corrected chi connectivity index (χ1v) is 14.5. The molecule has 9 nitrogen and oxygen atoms in total. The standard InChI is InChI=1S/C32H33Cl2N7O2/c1-19(2)28(29(36)42)40-31(43)26-18-39-32(38-16-20-8-12-23(33)13-9-20)41-30(26)37-17-25(21-6-4-3-5-7-21)27(35)22-10-14-24(34)15-11-22/h3-15,18-19,25,28,35H,16-17H2,1-2H3,(H2,36,42)(H,40,43)(H2,37,38,39,41). The van der Waals surface area contributed by atoms with Crippen molar-refractivity contribution in [2.45, 2.75) is 32.4 Å². The van der Waals surface area contributed by atoms with Gasteiger partial charge in [-0.25, -0.2) is 4.98 Å². The molecule has 0 saturated heterocycles. The molecule has 4 aromatic rings. The Morgan fingerprint density at radius 3 is 2.14 bits per heavy atom. The van der Waals surface area contributed by atoms with Crippen molar-refractivity contribution in [2.24, 2.45) is 11.7 Å². The van der Waals surface area contributed by atoms with Gasteiger partial charge in [0, 0.05) is 41.0 Å². The van der Waals surface area contributed by atoms with E-state index in [0.29, 0.717) is 27.9 Å². The van der Waals surface area contributed by atoms with Gasteiger partial charge < -0.3 is 27.1 Å². The van der Waals surface area contributed by atoms with Crippen molar-refractivity contribution in [3.8, 4) is 0 Å². The van der Waals surface area contributed by atoms with Gasteiger partial charge in [-0.1, -0.05) is 91.6 Å². The van der Waals surface area contributed by atoms with E-state index in [9.17, 15) is 9.59 Å². The van der Waals surface area contributed by atoms with E-state index in [-0.39, 0.29) is 29.8 Å². The van der Waals surface area contributed by atoms with Gasteiger partial charge in [-0.15, -0.1) is 0 Å². The first-order valence-electron chi connectivity index (χ1n) is 13.7. The third kappa shape index (κ3) is 8.53. The molecule has 6 N–H and O–H groups in total. The SMILES string of the molecule is CC(C)C(NC(=O)c1cnc(NCc2ccc(Cl)cc2)nc1NCC(C(=N)c1ccc(Cl)cc1)c1ccccc1)C(N)=O. The quantitative estimate of drug-likeness (QED) is 0.118. The summed E-state index contributed by atoms with van der Waals surface area (Å²) in [6.45, 7) is 4.25. The Balaban J connectivity index is 1.64. The molecule has 2 unspecified atom stereocenters. The summed E-state index contributed by atoms with van der Waals surface area (Å²) in [5, 5.41) is 19.4. The number of aromatic nitrogens is 2. The molecule has 0 radical (unpaired) electrons. The summed E-state index contributed by atoms with van der Waals surface area (Å²) in [7, 11) is 0. The molecule has 0 aliphatic carbocycles. The molecular weight excluding hydrogens is 585 g/mol. The summed E-state index contributed by atoms with van der Waals surface area (Å²) >= 11 is 12.1. The lowest BCUT2D eigenvalue weighted by Gasteiger charge is -2.22. The summed E-state index contributed by atoms with van der Waals surface area (Å²) in [6.07, 6.45) is 1.40. The molecule has 0 aliphatic heterocycles. The maximum Gasteiger partial charge on any atom is 0.257 e. The lowest BCUT2D eigenvalue weighted by atomic mass is 9.90. The number of hydrogen-bond acceptors (Lipinski definition) is 7. The van der Waals surface area contributed by atoms with Crippen LogP contribution in [0.4, 0.5) is 11.8 Å². The summed E-state index contributed by atoms with van der Waals surface area (Å²) in [4.78, 5) is 34.3. The Bertz CT molecular complexity index is 1560. The average Bonchev–Trinajstić information content (AvgIpc) is 3.00. The van der Waals surface area contributed by atoms with Gasteiger partial charge in [-0.05, 0) is 46.9 Å². The number of carbonyl (C=O) groups is 2. The molecule has 11 heteroatoms. The van der Waals surface area contributed by atoms with Crippen LogP contribution in [0.25, 0.3) is 0 Å². The van der Waals surface area contributed by atoms with Crippen LogP contribution >= 0.6 is 23.2 Å². The van der Waals surface area contributed by atoms with Crippen LogP contribution in [0.15, 0.2) is 85.1 Å². The minimum Gasteiger partial charge on any atom is -0.368 e. The molecule has 0 saturated carbocycles. The molecular formula is C32H33Cl2N7O2. The number of benzene rings is 3. The number of anilines is 2. The topological polar surface area (TPSA) is 146 Å². The fourth-order valence-electron chi connectivity index (χ4n) is 4.44. The zero-order valence-electron chi connectivity index (χ0n) is 23.8.